The lowest BCUT2D eigenvalue weighted by Crippen LogP contribution is -2.64. The Labute approximate surface area is 436 Å². The number of rotatable bonds is 20. The Morgan fingerprint density at radius 3 is 1.95 bits per heavy atom. The molecule has 3 aliphatic rings. The molecule has 3 aliphatic heterocycles. The number of unbranched alkanes of at least 4 members (excludes halogenated alkanes) is 5. The van der Waals surface area contributed by atoms with Crippen LogP contribution in [0.3, 0.4) is 0 Å². The zero-order valence-electron chi connectivity index (χ0n) is 43.1. The first kappa shape index (κ1) is 62.0. The molecule has 0 aromatic heterocycles. The molecular weight excluding hydrogens is 985 g/mol. The number of hydrogen-bond acceptors (Lipinski definition) is 17. The fourth-order valence-corrected chi connectivity index (χ4v) is 9.72. The number of phenols is 1. The molecule has 0 spiro atoms. The van der Waals surface area contributed by atoms with Crippen LogP contribution in [0.15, 0.2) is 24.3 Å². The lowest BCUT2D eigenvalue weighted by molar-refractivity contribution is -0.147. The second-order valence-electron chi connectivity index (χ2n) is 20.7. The predicted molar refractivity (Wildman–Crippen MR) is 265 cm³/mol. The fourth-order valence-electron chi connectivity index (χ4n) is 9.72. The third kappa shape index (κ3) is 18.0. The molecule has 0 saturated carbocycles. The summed E-state index contributed by atoms with van der Waals surface area (Å²) in [4.78, 5) is 112. The van der Waals surface area contributed by atoms with Crippen LogP contribution in [0.2, 0.25) is 0 Å². The number of amides is 8. The number of nitrogens with two attached hydrogens (primary N) is 1. The SMILES string of the molecule is CC[C@H](C)C[C@H](C)CCCCCCCCC(=O)N[C@H]1C[C@@H](O)[C@@H](O)NC(=O)[C@H]2CN(C[C@H]2O)C(=O)[C@H]([C@H](O)CC(N)=O)NC(=O)[C@H]([C@H](O)[C@@H](O)c2ccc(O)cc2)NC(=O)[C@@H]2C[C@@H](O)CN2C(=O)[C@H]([C@@H](C)O)NC1=O. The van der Waals surface area contributed by atoms with E-state index in [1.165, 1.54) is 18.6 Å². The van der Waals surface area contributed by atoms with Gasteiger partial charge < -0.3 is 88.1 Å². The molecule has 16 N–H and O–H groups in total. The van der Waals surface area contributed by atoms with E-state index in [1.807, 2.05) is 0 Å². The van der Waals surface area contributed by atoms with Crippen molar-refractivity contribution in [1.29, 1.82) is 0 Å². The summed E-state index contributed by atoms with van der Waals surface area (Å²) >= 11 is 0. The second kappa shape index (κ2) is 29.1. The lowest BCUT2D eigenvalue weighted by Gasteiger charge is -2.34. The molecule has 0 unspecified atom stereocenters. The number of nitrogens with zero attached hydrogens (tertiary/aromatic N) is 2. The van der Waals surface area contributed by atoms with Gasteiger partial charge in [0.2, 0.25) is 47.3 Å². The van der Waals surface area contributed by atoms with Crippen LogP contribution >= 0.6 is 0 Å². The molecule has 1 aromatic carbocycles. The summed E-state index contributed by atoms with van der Waals surface area (Å²) in [7, 11) is 0. The van der Waals surface area contributed by atoms with Gasteiger partial charge in [0.15, 0.2) is 6.23 Å². The number of primary amides is 1. The minimum absolute atomic E-state index is 0.0682. The Hall–Kier alpha value is -5.54. The van der Waals surface area contributed by atoms with Gasteiger partial charge >= 0.3 is 0 Å². The van der Waals surface area contributed by atoms with E-state index in [4.69, 9.17) is 5.73 Å². The van der Waals surface area contributed by atoms with Crippen LogP contribution in [0.1, 0.15) is 123 Å². The molecule has 2 bridgehead atoms. The topological polar surface area (TPSA) is 411 Å². The average Bonchev–Trinajstić information content (AvgIpc) is 3.95. The highest BCUT2D eigenvalue weighted by atomic mass is 16.3. The highest BCUT2D eigenvalue weighted by molar-refractivity contribution is 5.97. The van der Waals surface area contributed by atoms with Crippen LogP contribution in [0.4, 0.5) is 0 Å². The first-order chi connectivity index (χ1) is 35.3. The van der Waals surface area contributed by atoms with E-state index in [0.29, 0.717) is 24.7 Å². The zero-order valence-corrected chi connectivity index (χ0v) is 43.1. The molecule has 16 atom stereocenters. The van der Waals surface area contributed by atoms with Gasteiger partial charge in [-0.2, -0.15) is 0 Å². The molecule has 25 nitrogen and oxygen atoms in total. The second-order valence-corrected chi connectivity index (χ2v) is 20.7. The largest absolute Gasteiger partial charge is 0.508 e. The first-order valence-electron chi connectivity index (χ1n) is 25.9. The summed E-state index contributed by atoms with van der Waals surface area (Å²) in [6.07, 6.45) is -9.47. The van der Waals surface area contributed by atoms with E-state index in [2.05, 4.69) is 47.4 Å². The van der Waals surface area contributed by atoms with E-state index in [1.54, 1.807) is 0 Å². The lowest BCUT2D eigenvalue weighted by atomic mass is 9.91. The molecule has 8 amide bonds. The summed E-state index contributed by atoms with van der Waals surface area (Å²) in [5.74, 6) is -9.75. The first-order valence-corrected chi connectivity index (χ1v) is 25.9. The highest BCUT2D eigenvalue weighted by Gasteiger charge is 2.48. The Morgan fingerprint density at radius 2 is 1.32 bits per heavy atom. The Balaban J connectivity index is 1.67. The molecule has 3 saturated heterocycles. The van der Waals surface area contributed by atoms with Crippen molar-refractivity contribution in [2.75, 3.05) is 19.6 Å². The summed E-state index contributed by atoms with van der Waals surface area (Å²) in [5.41, 5.74) is 5.20. The van der Waals surface area contributed by atoms with E-state index in [-0.39, 0.29) is 17.7 Å². The molecule has 3 fully saturated rings. The molecule has 75 heavy (non-hydrogen) atoms. The maximum Gasteiger partial charge on any atom is 0.248 e. The maximum absolute atomic E-state index is 14.3. The standard InChI is InChI=1S/C50H80N8O17/c1-5-25(2)18-26(3)12-10-8-6-7-9-11-13-38(66)52-32-20-35(63)47(72)56-44(69)31-23-57(24-36(31)64)49(74)40(34(62)21-37(51)65)54-48(73)41(43(68)42(67)28-14-16-29(60)17-15-28)55-46(71)33-19-30(61)22-58(33)50(75)39(27(4)59)53-45(32)70/h14-17,25-27,30-36,39-43,47,59-64,67-68,72H,5-13,18-24H2,1-4H3,(H2,51,65)(H,52,66)(H,53,70)(H,54,73)(H,55,71)(H,56,69)/t25-,26+,27+,30+,31-,32-,33-,34+,35+,36+,39-,40-,41-,42-,43-,47+/m0/s1. The third-order valence-corrected chi connectivity index (χ3v) is 14.3. The van der Waals surface area contributed by atoms with Gasteiger partial charge in [0, 0.05) is 38.9 Å². The van der Waals surface area contributed by atoms with Gasteiger partial charge in [0.05, 0.1) is 36.8 Å². The quantitative estimate of drug-likeness (QED) is 0.0564. The molecule has 422 valence electrons. The summed E-state index contributed by atoms with van der Waals surface area (Å²) in [6, 6.07) is -5.28. The summed E-state index contributed by atoms with van der Waals surface area (Å²) in [5, 5.41) is 110. The predicted octanol–water partition coefficient (Wildman–Crippen LogP) is -3.48. The van der Waals surface area contributed by atoms with Crippen molar-refractivity contribution in [3.8, 4) is 5.75 Å². The molecular formula is C50H80N8O17. The monoisotopic (exact) mass is 1060 g/mol. The maximum atomic E-state index is 14.3. The van der Waals surface area contributed by atoms with Gasteiger partial charge in [0.25, 0.3) is 0 Å². The van der Waals surface area contributed by atoms with Crippen molar-refractivity contribution in [1.82, 2.24) is 36.4 Å². The van der Waals surface area contributed by atoms with Gasteiger partial charge in [-0.3, -0.25) is 38.4 Å². The minimum Gasteiger partial charge on any atom is -0.508 e. The van der Waals surface area contributed by atoms with Gasteiger partial charge in [-0.25, -0.2) is 0 Å². The number of aliphatic hydroxyl groups is 8. The van der Waals surface area contributed by atoms with Gasteiger partial charge in [-0.1, -0.05) is 77.8 Å². The summed E-state index contributed by atoms with van der Waals surface area (Å²) < 4.78 is 0. The molecule has 25 heteroatoms. The van der Waals surface area contributed by atoms with Crippen LogP contribution in [-0.2, 0) is 38.4 Å². The molecule has 3 heterocycles. The van der Waals surface area contributed by atoms with Crippen LogP contribution in [0.5, 0.6) is 5.75 Å². The number of aliphatic hydroxyl groups excluding tert-OH is 8. The number of fused-ring (bicyclic) bond motifs is 3. The number of aromatic hydroxyl groups is 1. The summed E-state index contributed by atoms with van der Waals surface area (Å²) in [6.45, 7) is 5.92. The van der Waals surface area contributed by atoms with Crippen molar-refractivity contribution >= 4 is 47.3 Å². The van der Waals surface area contributed by atoms with Crippen molar-refractivity contribution in [3.63, 3.8) is 0 Å². The zero-order chi connectivity index (χ0) is 55.8. The number of carbonyl (C=O) groups is 8. The van der Waals surface area contributed by atoms with Crippen molar-refractivity contribution < 1.29 is 84.3 Å². The van der Waals surface area contributed by atoms with Crippen molar-refractivity contribution in [3.05, 3.63) is 29.8 Å². The van der Waals surface area contributed by atoms with Crippen molar-refractivity contribution in [2.45, 2.75) is 190 Å². The molecule has 4 rings (SSSR count). The van der Waals surface area contributed by atoms with Gasteiger partial charge in [-0.15, -0.1) is 0 Å². The Kier molecular flexibility index (Phi) is 24.1. The number of benzene rings is 1. The van der Waals surface area contributed by atoms with Gasteiger partial charge in [-0.05, 0) is 49.3 Å². The smallest absolute Gasteiger partial charge is 0.248 e. The normalized spacial score (nSPS) is 29.0. The molecule has 0 radical (unpaired) electrons. The molecule has 0 aliphatic carbocycles. The Bertz CT molecular complexity index is 2100. The van der Waals surface area contributed by atoms with Crippen LogP contribution in [-0.4, -0.2) is 196 Å². The van der Waals surface area contributed by atoms with Crippen LogP contribution in [0.25, 0.3) is 0 Å². The van der Waals surface area contributed by atoms with E-state index >= 15 is 0 Å². The number of nitrogens with one attached hydrogen (secondary N) is 5. The number of hydrogen-bond donors (Lipinski definition) is 15. The van der Waals surface area contributed by atoms with Crippen LogP contribution < -0.4 is 32.3 Å². The third-order valence-electron chi connectivity index (χ3n) is 14.3. The minimum atomic E-state index is -2.34. The van der Waals surface area contributed by atoms with E-state index in [9.17, 15) is 84.3 Å². The fraction of sp³-hybridized carbons (Fsp3) is 0.720. The van der Waals surface area contributed by atoms with Crippen LogP contribution in [0, 0.1) is 17.8 Å². The highest BCUT2D eigenvalue weighted by Crippen LogP contribution is 2.26. The average molecular weight is 1070 g/mol. The van der Waals surface area contributed by atoms with Crippen molar-refractivity contribution in [2.24, 2.45) is 23.5 Å². The molecule has 1 aromatic rings. The Morgan fingerprint density at radius 1 is 0.707 bits per heavy atom. The van der Waals surface area contributed by atoms with Gasteiger partial charge in [0.1, 0.15) is 54.3 Å². The van der Waals surface area contributed by atoms with E-state index in [0.717, 1.165) is 67.4 Å². The number of phenolic OH excluding ortho intramolecular Hbond substituents is 1. The van der Waals surface area contributed by atoms with E-state index < -0.39 is 171 Å². The number of carbonyl (C=O) groups excluding carboxylic acids is 8.